The molecule has 10 heteroatoms. The van der Waals surface area contributed by atoms with Gasteiger partial charge in [-0.2, -0.15) is 0 Å². The molecule has 1 aliphatic rings. The van der Waals surface area contributed by atoms with Crippen LogP contribution in [0.15, 0.2) is 47.4 Å². The van der Waals surface area contributed by atoms with Crippen LogP contribution in [0.2, 0.25) is 10.0 Å². The van der Waals surface area contributed by atoms with E-state index in [9.17, 15) is 9.59 Å². The van der Waals surface area contributed by atoms with Crippen LogP contribution in [0.3, 0.4) is 0 Å². The van der Waals surface area contributed by atoms with Crippen LogP contribution in [0.25, 0.3) is 21.8 Å². The first-order valence-electron chi connectivity index (χ1n) is 12.6. The zero-order valence-corrected chi connectivity index (χ0v) is 22.9. The number of nitrogens with one attached hydrogen (secondary N) is 3. The average Bonchev–Trinajstić information content (AvgIpc) is 3.23. The molecule has 38 heavy (non-hydrogen) atoms. The molecule has 2 aromatic heterocycles. The molecule has 1 saturated carbocycles. The molecule has 0 aliphatic heterocycles. The van der Waals surface area contributed by atoms with Crippen molar-refractivity contribution in [3.05, 3.63) is 74.3 Å². The van der Waals surface area contributed by atoms with E-state index in [1.54, 1.807) is 28.8 Å². The molecule has 1 fully saturated rings. The highest BCUT2D eigenvalue weighted by Gasteiger charge is 2.17. The third kappa shape index (κ3) is 6.14. The van der Waals surface area contributed by atoms with Crippen molar-refractivity contribution in [2.24, 2.45) is 7.05 Å². The van der Waals surface area contributed by atoms with Crippen molar-refractivity contribution in [3.63, 3.8) is 0 Å². The van der Waals surface area contributed by atoms with Crippen LogP contribution in [0.5, 0.6) is 0 Å². The second kappa shape index (κ2) is 12.4. The predicted octanol–water partition coefficient (Wildman–Crippen LogP) is 7.44. The number of pyridine rings is 1. The lowest BCUT2D eigenvalue weighted by Gasteiger charge is -2.11. The summed E-state index contributed by atoms with van der Waals surface area (Å²) in [6.07, 6.45) is 11.2. The van der Waals surface area contributed by atoms with Crippen LogP contribution in [-0.4, -0.2) is 25.7 Å². The van der Waals surface area contributed by atoms with Gasteiger partial charge in [-0.25, -0.2) is 9.78 Å². The van der Waals surface area contributed by atoms with E-state index in [0.29, 0.717) is 50.2 Å². The largest absolute Gasteiger partial charge is 0.465 e. The highest BCUT2D eigenvalue weighted by atomic mass is 35.5. The Kier molecular flexibility index (Phi) is 8.97. The summed E-state index contributed by atoms with van der Waals surface area (Å²) in [7, 11) is 1.81. The van der Waals surface area contributed by atoms with Crippen LogP contribution in [-0.2, 0) is 13.5 Å². The van der Waals surface area contributed by atoms with Gasteiger partial charge in [0.15, 0.2) is 0 Å². The van der Waals surface area contributed by atoms with Gasteiger partial charge < -0.3 is 20.0 Å². The summed E-state index contributed by atoms with van der Waals surface area (Å²) in [4.78, 5) is 31.1. The van der Waals surface area contributed by atoms with Crippen molar-refractivity contribution >= 4 is 62.7 Å². The number of fused-ring (bicyclic) bond motifs is 3. The molecule has 0 atom stereocenters. The summed E-state index contributed by atoms with van der Waals surface area (Å²) < 4.78 is 1.79. The van der Waals surface area contributed by atoms with Crippen molar-refractivity contribution in [1.29, 1.82) is 0 Å². The van der Waals surface area contributed by atoms with Gasteiger partial charge in [-0.05, 0) is 36.1 Å². The molecular formula is C28H31Cl2N5O3. The molecule has 5 rings (SSSR count). The first-order valence-corrected chi connectivity index (χ1v) is 13.4. The number of allylic oxidation sites excluding steroid dienone is 1. The number of anilines is 2. The van der Waals surface area contributed by atoms with Crippen molar-refractivity contribution in [2.75, 3.05) is 5.32 Å². The van der Waals surface area contributed by atoms with Gasteiger partial charge in [0.05, 0.1) is 32.2 Å². The zero-order chi connectivity index (χ0) is 27.2. The summed E-state index contributed by atoms with van der Waals surface area (Å²) >= 11 is 12.6. The molecule has 2 aromatic carbocycles. The topological polar surface area (TPSA) is 112 Å². The molecule has 200 valence electrons. The number of H-pyrrole nitrogens is 1. The normalized spacial score (nSPS) is 13.5. The van der Waals surface area contributed by atoms with E-state index in [1.165, 1.54) is 44.7 Å². The molecule has 0 bridgehead atoms. The maximum atomic E-state index is 13.0. The van der Waals surface area contributed by atoms with Gasteiger partial charge in [0, 0.05) is 25.4 Å². The molecule has 1 amide bonds. The number of para-hydroxylation sites is 1. The second-order valence-electron chi connectivity index (χ2n) is 9.31. The number of nitrogens with zero attached hydrogens (tertiary/aromatic N) is 2. The Morgan fingerprint density at radius 2 is 1.74 bits per heavy atom. The van der Waals surface area contributed by atoms with Crippen LogP contribution >= 0.6 is 23.2 Å². The minimum Gasteiger partial charge on any atom is -0.465 e. The maximum absolute atomic E-state index is 13.0. The summed E-state index contributed by atoms with van der Waals surface area (Å²) in [6.45, 7) is 1.91. The summed E-state index contributed by atoms with van der Waals surface area (Å²) in [5.41, 5.74) is 3.20. The fraction of sp³-hybridized carbons (Fsp3) is 0.321. The molecule has 4 aromatic rings. The first kappa shape index (κ1) is 27.5. The molecule has 8 nitrogen and oxygen atoms in total. The molecule has 1 aliphatic carbocycles. The molecule has 0 radical (unpaired) electrons. The quantitative estimate of drug-likeness (QED) is 0.204. The van der Waals surface area contributed by atoms with Crippen molar-refractivity contribution in [2.45, 2.75) is 51.9 Å². The maximum Gasteiger partial charge on any atom is 0.408 e. The predicted molar refractivity (Wildman–Crippen MR) is 155 cm³/mol. The Morgan fingerprint density at radius 3 is 2.34 bits per heavy atom. The molecule has 2 heterocycles. The fourth-order valence-electron chi connectivity index (χ4n) is 4.72. The summed E-state index contributed by atoms with van der Waals surface area (Å²) in [5.74, 6) is 0.492. The molecule has 0 spiro atoms. The van der Waals surface area contributed by atoms with E-state index in [0.717, 1.165) is 10.9 Å². The lowest BCUT2D eigenvalue weighted by Crippen LogP contribution is -2.14. The lowest BCUT2D eigenvalue weighted by atomic mass is 10.0. The molecule has 0 unspecified atom stereocenters. The smallest absolute Gasteiger partial charge is 0.408 e. The van der Waals surface area contributed by atoms with E-state index < -0.39 is 6.09 Å². The number of aryl methyl sites for hydroxylation is 2. The Bertz CT molecular complexity index is 1520. The minimum absolute atomic E-state index is 0.254. The number of halogens is 2. The van der Waals surface area contributed by atoms with E-state index in [-0.39, 0.29) is 5.56 Å². The molecular weight excluding hydrogens is 525 g/mol. The SMILES string of the molecule is C1CCCCC1.Cc1c(CC=CNC(=O)O)[nH]c(=O)c2c1ccc1nc(Nc3c(Cl)cccc3Cl)n(C)c12. The number of aromatic amines is 1. The number of carboxylic acid groups (broad SMARTS) is 1. The van der Waals surface area contributed by atoms with Crippen LogP contribution in [0.1, 0.15) is 49.8 Å². The number of hydrogen-bond acceptors (Lipinski definition) is 4. The van der Waals surface area contributed by atoms with Gasteiger partial charge in [-0.15, -0.1) is 0 Å². The lowest BCUT2D eigenvalue weighted by molar-refractivity contribution is 0.198. The van der Waals surface area contributed by atoms with Gasteiger partial charge in [-0.3, -0.25) is 10.1 Å². The summed E-state index contributed by atoms with van der Waals surface area (Å²) in [5, 5.41) is 16.2. The first-order chi connectivity index (χ1) is 18.3. The van der Waals surface area contributed by atoms with Crippen molar-refractivity contribution in [1.82, 2.24) is 19.9 Å². The van der Waals surface area contributed by atoms with Crippen LogP contribution in [0, 0.1) is 6.92 Å². The number of benzene rings is 2. The number of rotatable bonds is 5. The number of carbonyl (C=O) groups is 1. The third-order valence-electron chi connectivity index (χ3n) is 6.73. The zero-order valence-electron chi connectivity index (χ0n) is 21.4. The highest BCUT2D eigenvalue weighted by Crippen LogP contribution is 2.34. The number of imidazole rings is 1. The Balaban J connectivity index is 0.000000494. The minimum atomic E-state index is -1.15. The average molecular weight is 556 g/mol. The Hall–Kier alpha value is -3.49. The van der Waals surface area contributed by atoms with E-state index in [1.807, 2.05) is 26.1 Å². The van der Waals surface area contributed by atoms with Crippen LogP contribution in [0.4, 0.5) is 16.4 Å². The Morgan fingerprint density at radius 1 is 1.11 bits per heavy atom. The standard InChI is InChI=1S/C22H19Cl2N5O3.C6H12/c1-11-12-8-9-16-19(17(12)20(30)26-15(11)7-4-10-25-22(31)32)29(2)21(27-16)28-18-13(23)5-3-6-14(18)24;1-2-4-6-5-3-1/h3-6,8-10,25H,7H2,1-2H3,(H,26,30)(H,27,28)(H,31,32);1-6H2. The number of hydrogen-bond donors (Lipinski definition) is 4. The van der Waals surface area contributed by atoms with Gasteiger partial charge in [0.1, 0.15) is 0 Å². The Labute approximate surface area is 230 Å². The van der Waals surface area contributed by atoms with Crippen LogP contribution < -0.4 is 16.2 Å². The highest BCUT2D eigenvalue weighted by molar-refractivity contribution is 6.39. The van der Waals surface area contributed by atoms with Gasteiger partial charge in [0.2, 0.25) is 5.95 Å². The van der Waals surface area contributed by atoms with E-state index in [4.69, 9.17) is 28.3 Å². The number of aromatic nitrogens is 3. The molecule has 4 N–H and O–H groups in total. The second-order valence-corrected chi connectivity index (χ2v) is 10.1. The van der Waals surface area contributed by atoms with Crippen molar-refractivity contribution < 1.29 is 9.90 Å². The van der Waals surface area contributed by atoms with Gasteiger partial charge >= 0.3 is 6.09 Å². The molecule has 0 saturated heterocycles. The van der Waals surface area contributed by atoms with Gasteiger partial charge in [-0.1, -0.05) is 79.9 Å². The summed E-state index contributed by atoms with van der Waals surface area (Å²) in [6, 6.07) is 8.93. The number of amides is 1. The fourth-order valence-corrected chi connectivity index (χ4v) is 5.21. The van der Waals surface area contributed by atoms with E-state index >= 15 is 0 Å². The van der Waals surface area contributed by atoms with E-state index in [2.05, 4.69) is 20.6 Å². The van der Waals surface area contributed by atoms with Gasteiger partial charge in [0.25, 0.3) is 5.56 Å². The third-order valence-corrected chi connectivity index (χ3v) is 7.36. The monoisotopic (exact) mass is 555 g/mol. The van der Waals surface area contributed by atoms with Crippen molar-refractivity contribution in [3.8, 4) is 0 Å².